The molecule has 1 atom stereocenters. The van der Waals surface area contributed by atoms with Crippen molar-refractivity contribution in [2.45, 2.75) is 19.0 Å². The summed E-state index contributed by atoms with van der Waals surface area (Å²) in [5, 5.41) is 5.78. The maximum absolute atomic E-state index is 12.9. The molecule has 0 bridgehead atoms. The van der Waals surface area contributed by atoms with Gasteiger partial charge in [-0.3, -0.25) is 9.59 Å². The average Bonchev–Trinajstić information content (AvgIpc) is 2.78. The Balaban J connectivity index is 1.72. The largest absolute Gasteiger partial charge is 0.497 e. The highest BCUT2D eigenvalue weighted by Crippen LogP contribution is 2.13. The Morgan fingerprint density at radius 3 is 2.17 bits per heavy atom. The van der Waals surface area contributed by atoms with Gasteiger partial charge in [-0.05, 0) is 29.3 Å². The van der Waals surface area contributed by atoms with Crippen LogP contribution in [0.4, 0.5) is 0 Å². The van der Waals surface area contributed by atoms with Crippen molar-refractivity contribution < 1.29 is 14.3 Å². The molecule has 0 aromatic heterocycles. The third-order valence-corrected chi connectivity index (χ3v) is 4.55. The van der Waals surface area contributed by atoms with Gasteiger partial charge in [-0.15, -0.1) is 0 Å². The highest BCUT2D eigenvalue weighted by Gasteiger charge is 2.22. The first-order chi connectivity index (χ1) is 14.2. The molecule has 3 rings (SSSR count). The summed E-state index contributed by atoms with van der Waals surface area (Å²) in [5.74, 6) is 0.0411. The first-order valence-corrected chi connectivity index (χ1v) is 9.46. The molecule has 3 aromatic carbocycles. The van der Waals surface area contributed by atoms with E-state index in [1.807, 2.05) is 60.7 Å². The number of methoxy groups -OCH3 is 1. The van der Waals surface area contributed by atoms with Gasteiger partial charge in [0.2, 0.25) is 5.91 Å². The molecule has 0 fully saturated rings. The molecule has 0 saturated carbocycles. The van der Waals surface area contributed by atoms with Crippen LogP contribution in [0.2, 0.25) is 0 Å². The van der Waals surface area contributed by atoms with Gasteiger partial charge in [-0.2, -0.15) is 0 Å². The average molecular weight is 388 g/mol. The van der Waals surface area contributed by atoms with Crippen molar-refractivity contribution in [3.05, 3.63) is 102 Å². The van der Waals surface area contributed by atoms with Crippen LogP contribution in [-0.2, 0) is 17.8 Å². The number of carbonyl (C=O) groups excluding carboxylic acids is 2. The first kappa shape index (κ1) is 20.1. The van der Waals surface area contributed by atoms with Gasteiger partial charge in [0.15, 0.2) is 0 Å². The van der Waals surface area contributed by atoms with E-state index in [4.69, 9.17) is 4.74 Å². The van der Waals surface area contributed by atoms with Gasteiger partial charge in [0.05, 0.1) is 7.11 Å². The SMILES string of the molecule is COc1cccc(C(=O)NC(Cc2ccccc2)C(=O)NCc2ccccc2)c1. The zero-order valence-electron chi connectivity index (χ0n) is 16.3. The van der Waals surface area contributed by atoms with Gasteiger partial charge in [0.1, 0.15) is 11.8 Å². The third kappa shape index (κ3) is 5.94. The van der Waals surface area contributed by atoms with Gasteiger partial charge < -0.3 is 15.4 Å². The first-order valence-electron chi connectivity index (χ1n) is 9.46. The molecule has 5 heteroatoms. The lowest BCUT2D eigenvalue weighted by molar-refractivity contribution is -0.123. The molecule has 0 spiro atoms. The molecule has 0 heterocycles. The smallest absolute Gasteiger partial charge is 0.252 e. The van der Waals surface area contributed by atoms with E-state index in [2.05, 4.69) is 10.6 Å². The second kappa shape index (κ2) is 10.1. The quantitative estimate of drug-likeness (QED) is 0.622. The van der Waals surface area contributed by atoms with Crippen molar-refractivity contribution in [3.63, 3.8) is 0 Å². The Hall–Kier alpha value is -3.60. The van der Waals surface area contributed by atoms with Crippen molar-refractivity contribution in [3.8, 4) is 5.75 Å². The summed E-state index contributed by atoms with van der Waals surface area (Å²) in [7, 11) is 1.55. The van der Waals surface area contributed by atoms with Gasteiger partial charge in [-0.1, -0.05) is 66.7 Å². The Labute approximate surface area is 170 Å². The lowest BCUT2D eigenvalue weighted by Gasteiger charge is -2.19. The molecule has 29 heavy (non-hydrogen) atoms. The Bertz CT molecular complexity index is 943. The molecule has 0 aliphatic rings. The minimum Gasteiger partial charge on any atom is -0.497 e. The van der Waals surface area contributed by atoms with Crippen LogP contribution in [0, 0.1) is 0 Å². The van der Waals surface area contributed by atoms with Crippen LogP contribution in [0.5, 0.6) is 5.75 Å². The van der Waals surface area contributed by atoms with Crippen LogP contribution < -0.4 is 15.4 Å². The van der Waals surface area contributed by atoms with Crippen molar-refractivity contribution in [1.29, 1.82) is 0 Å². The summed E-state index contributed by atoms with van der Waals surface area (Å²) in [6, 6.07) is 25.5. The summed E-state index contributed by atoms with van der Waals surface area (Å²) in [5.41, 5.74) is 2.41. The molecule has 148 valence electrons. The topological polar surface area (TPSA) is 67.4 Å². The number of carbonyl (C=O) groups is 2. The van der Waals surface area contributed by atoms with Crippen LogP contribution >= 0.6 is 0 Å². The van der Waals surface area contributed by atoms with Gasteiger partial charge >= 0.3 is 0 Å². The van der Waals surface area contributed by atoms with Crippen molar-refractivity contribution in [2.24, 2.45) is 0 Å². The number of amides is 2. The standard InChI is InChI=1S/C24H24N2O3/c1-29-21-14-8-13-20(16-21)23(27)26-22(15-18-9-4-2-5-10-18)24(28)25-17-19-11-6-3-7-12-19/h2-14,16,22H,15,17H2,1H3,(H,25,28)(H,26,27). The fourth-order valence-corrected chi connectivity index (χ4v) is 2.97. The number of ether oxygens (including phenoxy) is 1. The minimum absolute atomic E-state index is 0.228. The van der Waals surface area contributed by atoms with E-state index in [1.165, 1.54) is 0 Å². The molecule has 0 aliphatic heterocycles. The Morgan fingerprint density at radius 2 is 1.52 bits per heavy atom. The predicted molar refractivity (Wildman–Crippen MR) is 113 cm³/mol. The number of hydrogen-bond acceptors (Lipinski definition) is 3. The molecule has 2 N–H and O–H groups in total. The number of benzene rings is 3. The lowest BCUT2D eigenvalue weighted by Crippen LogP contribution is -2.47. The molecule has 2 amide bonds. The monoisotopic (exact) mass is 388 g/mol. The molecule has 1 unspecified atom stereocenters. The van der Waals surface area contributed by atoms with Gasteiger partial charge in [-0.25, -0.2) is 0 Å². The van der Waals surface area contributed by atoms with E-state index in [0.29, 0.717) is 24.3 Å². The summed E-state index contributed by atoms with van der Waals surface area (Å²) in [6.45, 7) is 0.403. The van der Waals surface area contributed by atoms with Crippen molar-refractivity contribution in [1.82, 2.24) is 10.6 Å². The molecule has 0 radical (unpaired) electrons. The van der Waals surface area contributed by atoms with E-state index in [-0.39, 0.29) is 11.8 Å². The third-order valence-electron chi connectivity index (χ3n) is 4.55. The number of rotatable bonds is 8. The molecular weight excluding hydrogens is 364 g/mol. The van der Waals surface area contributed by atoms with Crippen LogP contribution in [-0.4, -0.2) is 25.0 Å². The van der Waals surface area contributed by atoms with E-state index in [1.54, 1.807) is 31.4 Å². The van der Waals surface area contributed by atoms with Gasteiger partial charge in [0, 0.05) is 18.5 Å². The van der Waals surface area contributed by atoms with Crippen LogP contribution in [0.3, 0.4) is 0 Å². The predicted octanol–water partition coefficient (Wildman–Crippen LogP) is 3.35. The summed E-state index contributed by atoms with van der Waals surface area (Å²) in [6.07, 6.45) is 0.400. The van der Waals surface area contributed by atoms with E-state index in [9.17, 15) is 9.59 Å². The summed E-state index contributed by atoms with van der Waals surface area (Å²) >= 11 is 0. The summed E-state index contributed by atoms with van der Waals surface area (Å²) in [4.78, 5) is 25.6. The maximum atomic E-state index is 12.9. The lowest BCUT2D eigenvalue weighted by atomic mass is 10.0. The van der Waals surface area contributed by atoms with E-state index >= 15 is 0 Å². The van der Waals surface area contributed by atoms with Crippen LogP contribution in [0.15, 0.2) is 84.9 Å². The second-order valence-electron chi connectivity index (χ2n) is 6.65. The minimum atomic E-state index is -0.695. The molecular formula is C24H24N2O3. The van der Waals surface area contributed by atoms with Gasteiger partial charge in [0.25, 0.3) is 5.91 Å². The number of hydrogen-bond donors (Lipinski definition) is 2. The van der Waals surface area contributed by atoms with Crippen molar-refractivity contribution >= 4 is 11.8 Å². The van der Waals surface area contributed by atoms with Crippen LogP contribution in [0.1, 0.15) is 21.5 Å². The molecule has 0 saturated heterocycles. The second-order valence-corrected chi connectivity index (χ2v) is 6.65. The van der Waals surface area contributed by atoms with E-state index < -0.39 is 6.04 Å². The van der Waals surface area contributed by atoms with Crippen LogP contribution in [0.25, 0.3) is 0 Å². The van der Waals surface area contributed by atoms with E-state index in [0.717, 1.165) is 11.1 Å². The fraction of sp³-hybridized carbons (Fsp3) is 0.167. The Morgan fingerprint density at radius 1 is 0.862 bits per heavy atom. The molecule has 0 aliphatic carbocycles. The highest BCUT2D eigenvalue weighted by molar-refractivity contribution is 5.97. The normalized spacial score (nSPS) is 11.3. The molecule has 3 aromatic rings. The zero-order chi connectivity index (χ0) is 20.5. The zero-order valence-corrected chi connectivity index (χ0v) is 16.3. The maximum Gasteiger partial charge on any atom is 0.252 e. The highest BCUT2D eigenvalue weighted by atomic mass is 16.5. The van der Waals surface area contributed by atoms with Crippen molar-refractivity contribution in [2.75, 3.05) is 7.11 Å². The number of nitrogens with one attached hydrogen (secondary N) is 2. The molecule has 5 nitrogen and oxygen atoms in total. The fourth-order valence-electron chi connectivity index (χ4n) is 2.97. The Kier molecular flexibility index (Phi) is 7.00. The summed E-state index contributed by atoms with van der Waals surface area (Å²) < 4.78 is 5.18.